The van der Waals surface area contributed by atoms with Crippen LogP contribution in [0.5, 0.6) is 0 Å². The smallest absolute Gasteiger partial charge is 0.223 e. The van der Waals surface area contributed by atoms with Crippen LogP contribution in [0.15, 0.2) is 36.4 Å². The Bertz CT molecular complexity index is 689. The van der Waals surface area contributed by atoms with Crippen LogP contribution in [0.2, 0.25) is 0 Å². The predicted molar refractivity (Wildman–Crippen MR) is 100 cm³/mol. The molecule has 3 rings (SSSR count). The minimum Gasteiger partial charge on any atom is -0.356 e. The van der Waals surface area contributed by atoms with E-state index < -0.39 is 0 Å². The number of amides is 1. The fraction of sp³-hybridized carbons (Fsp3) is 0.450. The molecule has 25 heavy (non-hydrogen) atoms. The number of hydrogen-bond acceptors (Lipinski definition) is 4. The number of carbonyl (C=O) groups excluding carboxylic acids is 1. The molecule has 0 atom stereocenters. The number of hydrogen-bond donors (Lipinski definition) is 1. The molecule has 1 aromatic carbocycles. The maximum absolute atomic E-state index is 12.1. The number of aryl methyl sites for hydroxylation is 1. The highest BCUT2D eigenvalue weighted by atomic mass is 16.1. The van der Waals surface area contributed by atoms with Crippen molar-refractivity contribution in [3.63, 3.8) is 0 Å². The summed E-state index contributed by atoms with van der Waals surface area (Å²) in [6, 6.07) is 12.4. The number of nitrogens with one attached hydrogen (secondary N) is 1. The molecule has 1 N–H and O–H groups in total. The van der Waals surface area contributed by atoms with E-state index in [0.29, 0.717) is 0 Å². The van der Waals surface area contributed by atoms with Crippen molar-refractivity contribution in [2.24, 2.45) is 5.92 Å². The molecule has 1 aliphatic rings. The number of anilines is 1. The molecular weight excluding hydrogens is 312 g/mol. The van der Waals surface area contributed by atoms with Crippen LogP contribution in [-0.4, -0.2) is 35.7 Å². The van der Waals surface area contributed by atoms with Crippen LogP contribution in [0.1, 0.15) is 31.7 Å². The van der Waals surface area contributed by atoms with Crippen molar-refractivity contribution < 1.29 is 4.79 Å². The van der Waals surface area contributed by atoms with Gasteiger partial charge in [0.1, 0.15) is 0 Å². The molecule has 0 aliphatic carbocycles. The lowest BCUT2D eigenvalue weighted by molar-refractivity contribution is -0.125. The van der Waals surface area contributed by atoms with Crippen molar-refractivity contribution in [2.75, 3.05) is 24.5 Å². The third-order valence-corrected chi connectivity index (χ3v) is 4.74. The first-order chi connectivity index (χ1) is 12.2. The Morgan fingerprint density at radius 2 is 1.84 bits per heavy atom. The Hall–Kier alpha value is -2.43. The molecule has 5 nitrogen and oxygen atoms in total. The fourth-order valence-corrected chi connectivity index (χ4v) is 3.14. The van der Waals surface area contributed by atoms with Gasteiger partial charge in [-0.25, -0.2) is 0 Å². The van der Waals surface area contributed by atoms with Crippen LogP contribution >= 0.6 is 0 Å². The van der Waals surface area contributed by atoms with E-state index in [4.69, 9.17) is 0 Å². The monoisotopic (exact) mass is 338 g/mol. The molecule has 1 aromatic heterocycles. The van der Waals surface area contributed by atoms with E-state index in [9.17, 15) is 4.79 Å². The summed E-state index contributed by atoms with van der Waals surface area (Å²) in [6.07, 6.45) is 2.72. The van der Waals surface area contributed by atoms with Crippen molar-refractivity contribution >= 4 is 11.7 Å². The largest absolute Gasteiger partial charge is 0.356 e. The lowest BCUT2D eigenvalue weighted by Crippen LogP contribution is -2.41. The van der Waals surface area contributed by atoms with Crippen molar-refractivity contribution in [3.05, 3.63) is 42.0 Å². The van der Waals surface area contributed by atoms with Crippen LogP contribution in [0, 0.1) is 12.8 Å². The SMILES string of the molecule is CCCNC(=O)C1CCN(c2ccc(-c3ccc(C)cc3)nn2)CC1. The average molecular weight is 338 g/mol. The summed E-state index contributed by atoms with van der Waals surface area (Å²) in [5.74, 6) is 1.22. The predicted octanol–water partition coefficient (Wildman–Crippen LogP) is 3.19. The van der Waals surface area contributed by atoms with Crippen molar-refractivity contribution in [1.29, 1.82) is 0 Å². The van der Waals surface area contributed by atoms with E-state index in [-0.39, 0.29) is 11.8 Å². The molecule has 5 heteroatoms. The summed E-state index contributed by atoms with van der Waals surface area (Å²) in [6.45, 7) is 6.61. The van der Waals surface area contributed by atoms with Gasteiger partial charge in [0.25, 0.3) is 0 Å². The second-order valence-corrected chi connectivity index (χ2v) is 6.70. The minimum absolute atomic E-state index is 0.127. The topological polar surface area (TPSA) is 58.1 Å². The number of aromatic nitrogens is 2. The summed E-state index contributed by atoms with van der Waals surface area (Å²) in [7, 11) is 0. The van der Waals surface area contributed by atoms with Gasteiger partial charge in [0.15, 0.2) is 5.82 Å². The lowest BCUT2D eigenvalue weighted by Gasteiger charge is -2.31. The zero-order valence-corrected chi connectivity index (χ0v) is 15.0. The van der Waals surface area contributed by atoms with Crippen LogP contribution in [0.4, 0.5) is 5.82 Å². The molecule has 1 fully saturated rings. The number of rotatable bonds is 5. The molecule has 132 valence electrons. The van der Waals surface area contributed by atoms with Crippen LogP contribution in [-0.2, 0) is 4.79 Å². The second-order valence-electron chi connectivity index (χ2n) is 6.70. The Morgan fingerprint density at radius 3 is 2.44 bits per heavy atom. The highest BCUT2D eigenvalue weighted by Gasteiger charge is 2.25. The van der Waals surface area contributed by atoms with Crippen LogP contribution < -0.4 is 10.2 Å². The van der Waals surface area contributed by atoms with Gasteiger partial charge in [0, 0.05) is 31.1 Å². The van der Waals surface area contributed by atoms with Crippen molar-refractivity contribution in [2.45, 2.75) is 33.1 Å². The summed E-state index contributed by atoms with van der Waals surface area (Å²) in [5.41, 5.74) is 3.20. The Kier molecular flexibility index (Phi) is 5.64. The normalized spacial score (nSPS) is 15.2. The van der Waals surface area contributed by atoms with E-state index in [2.05, 4.69) is 58.5 Å². The van der Waals surface area contributed by atoms with Crippen LogP contribution in [0.25, 0.3) is 11.3 Å². The average Bonchev–Trinajstić information content (AvgIpc) is 2.67. The van der Waals surface area contributed by atoms with Gasteiger partial charge in [-0.05, 0) is 38.3 Å². The molecule has 0 saturated carbocycles. The molecular formula is C20H26N4O. The number of benzene rings is 1. The summed E-state index contributed by atoms with van der Waals surface area (Å²) < 4.78 is 0. The first-order valence-electron chi connectivity index (χ1n) is 9.11. The summed E-state index contributed by atoms with van der Waals surface area (Å²) in [4.78, 5) is 14.3. The van der Waals surface area contributed by atoms with Gasteiger partial charge in [0.2, 0.25) is 5.91 Å². The van der Waals surface area contributed by atoms with Gasteiger partial charge in [-0.1, -0.05) is 36.8 Å². The minimum atomic E-state index is 0.127. The third-order valence-electron chi connectivity index (χ3n) is 4.74. The first kappa shape index (κ1) is 17.4. The molecule has 0 radical (unpaired) electrons. The third kappa shape index (κ3) is 4.35. The standard InChI is InChI=1S/C20H26N4O/c1-3-12-21-20(25)17-10-13-24(14-11-17)19-9-8-18(22-23-19)16-6-4-15(2)5-7-16/h4-9,17H,3,10-14H2,1-2H3,(H,21,25). The van der Waals surface area contributed by atoms with Crippen molar-refractivity contribution in [3.8, 4) is 11.3 Å². The first-order valence-corrected chi connectivity index (χ1v) is 9.11. The van der Waals surface area contributed by atoms with E-state index in [1.165, 1.54) is 5.56 Å². The van der Waals surface area contributed by atoms with E-state index >= 15 is 0 Å². The lowest BCUT2D eigenvalue weighted by atomic mass is 9.96. The molecule has 1 aliphatic heterocycles. The number of nitrogens with zero attached hydrogens (tertiary/aromatic N) is 3. The van der Waals surface area contributed by atoms with Gasteiger partial charge in [-0.3, -0.25) is 4.79 Å². The molecule has 2 aromatic rings. The van der Waals surface area contributed by atoms with Gasteiger partial charge in [-0.15, -0.1) is 10.2 Å². The summed E-state index contributed by atoms with van der Waals surface area (Å²) >= 11 is 0. The molecule has 1 saturated heterocycles. The molecule has 0 unspecified atom stereocenters. The molecule has 2 heterocycles. The quantitative estimate of drug-likeness (QED) is 0.909. The van der Waals surface area contributed by atoms with Gasteiger partial charge in [-0.2, -0.15) is 0 Å². The Labute approximate surface area is 149 Å². The van der Waals surface area contributed by atoms with Gasteiger partial charge < -0.3 is 10.2 Å². The maximum atomic E-state index is 12.1. The zero-order chi connectivity index (χ0) is 17.6. The number of piperidine rings is 1. The number of carbonyl (C=O) groups is 1. The maximum Gasteiger partial charge on any atom is 0.223 e. The zero-order valence-electron chi connectivity index (χ0n) is 15.0. The molecule has 0 bridgehead atoms. The van der Waals surface area contributed by atoms with E-state index in [1.807, 2.05) is 12.1 Å². The molecule has 1 amide bonds. The highest BCUT2D eigenvalue weighted by Crippen LogP contribution is 2.23. The van der Waals surface area contributed by atoms with Crippen molar-refractivity contribution in [1.82, 2.24) is 15.5 Å². The van der Waals surface area contributed by atoms with Crippen LogP contribution in [0.3, 0.4) is 0 Å². The van der Waals surface area contributed by atoms with Gasteiger partial charge >= 0.3 is 0 Å². The fourth-order valence-electron chi connectivity index (χ4n) is 3.14. The van der Waals surface area contributed by atoms with E-state index in [0.717, 1.165) is 56.0 Å². The second kappa shape index (κ2) is 8.10. The van der Waals surface area contributed by atoms with E-state index in [1.54, 1.807) is 0 Å². The Morgan fingerprint density at radius 1 is 1.12 bits per heavy atom. The summed E-state index contributed by atoms with van der Waals surface area (Å²) in [5, 5.41) is 11.8. The van der Waals surface area contributed by atoms with Gasteiger partial charge in [0.05, 0.1) is 5.69 Å². The molecule has 0 spiro atoms. The highest BCUT2D eigenvalue weighted by molar-refractivity contribution is 5.78. The Balaban J connectivity index is 1.58.